The molecule has 1 heterocycles. The Morgan fingerprint density at radius 3 is 2.59 bits per heavy atom. The van der Waals surface area contributed by atoms with E-state index in [2.05, 4.69) is 11.2 Å². The molecule has 2 atom stereocenters. The predicted octanol–water partition coefficient (Wildman–Crippen LogP) is 2.55. The van der Waals surface area contributed by atoms with Crippen LogP contribution in [0.1, 0.15) is 25.7 Å². The summed E-state index contributed by atoms with van der Waals surface area (Å²) in [5.74, 6) is 0.811. The molecule has 1 aliphatic heterocycles. The number of terminal acetylenes is 1. The lowest BCUT2D eigenvalue weighted by molar-refractivity contribution is -0.143. The molecule has 0 unspecified atom stereocenters. The first-order chi connectivity index (χ1) is 12.6. The molecule has 9 heteroatoms. The summed E-state index contributed by atoms with van der Waals surface area (Å²) >= 11 is 0. The molecular weight excluding hydrogens is 381 g/mol. The zero-order chi connectivity index (χ0) is 20.1. The summed E-state index contributed by atoms with van der Waals surface area (Å²) < 4.78 is 64.4. The molecule has 1 aliphatic rings. The van der Waals surface area contributed by atoms with Crippen molar-refractivity contribution in [1.29, 1.82) is 0 Å². The lowest BCUT2D eigenvalue weighted by Crippen LogP contribution is -2.48. The molecule has 148 valence electrons. The van der Waals surface area contributed by atoms with Crippen molar-refractivity contribution in [3.8, 4) is 12.3 Å². The molecule has 0 aliphatic carbocycles. The molecule has 0 aromatic heterocycles. The average molecular weight is 402 g/mol. The Kier molecular flexibility index (Phi) is 6.89. The molecule has 2 rings (SSSR count). The second-order valence-electron chi connectivity index (χ2n) is 6.45. The number of amides is 1. The molecule has 0 saturated carbocycles. The van der Waals surface area contributed by atoms with Crippen molar-refractivity contribution < 1.29 is 26.4 Å². The fourth-order valence-corrected chi connectivity index (χ4v) is 4.58. The minimum Gasteiger partial charge on any atom is -0.352 e. The molecule has 1 N–H and O–H groups in total. The standard InChI is InChI=1S/C18H21F3N2O3S/c1-2-7-15(12-18(19,20)21)22-17(24)14-8-6-11-23(13-14)27(25,26)16-9-4-3-5-10-16/h1,3-5,9-10,14-15H,6-8,11-13H2,(H,22,24)/t14-,15-/m0/s1. The highest BCUT2D eigenvalue weighted by molar-refractivity contribution is 7.89. The molecule has 1 amide bonds. The van der Waals surface area contributed by atoms with Crippen LogP contribution in [0.4, 0.5) is 13.2 Å². The zero-order valence-electron chi connectivity index (χ0n) is 14.6. The quantitative estimate of drug-likeness (QED) is 0.744. The Morgan fingerprint density at radius 1 is 1.33 bits per heavy atom. The van der Waals surface area contributed by atoms with Crippen molar-refractivity contribution in [1.82, 2.24) is 9.62 Å². The van der Waals surface area contributed by atoms with Crippen molar-refractivity contribution in [2.24, 2.45) is 5.92 Å². The molecule has 1 aromatic carbocycles. The highest BCUT2D eigenvalue weighted by Gasteiger charge is 2.36. The first kappa shape index (κ1) is 21.3. The molecule has 0 radical (unpaired) electrons. The van der Waals surface area contributed by atoms with Gasteiger partial charge in [-0.15, -0.1) is 12.3 Å². The largest absolute Gasteiger partial charge is 0.391 e. The number of nitrogens with one attached hydrogen (secondary N) is 1. The van der Waals surface area contributed by atoms with Gasteiger partial charge in [0, 0.05) is 25.6 Å². The number of piperidine rings is 1. The number of rotatable bonds is 6. The lowest BCUT2D eigenvalue weighted by atomic mass is 9.98. The fourth-order valence-electron chi connectivity index (χ4n) is 3.03. The lowest BCUT2D eigenvalue weighted by Gasteiger charge is -2.32. The van der Waals surface area contributed by atoms with Gasteiger partial charge in [-0.3, -0.25) is 4.79 Å². The number of benzene rings is 1. The number of hydrogen-bond donors (Lipinski definition) is 1. The number of carbonyl (C=O) groups excluding carboxylic acids is 1. The van der Waals surface area contributed by atoms with Crippen LogP contribution in [0.2, 0.25) is 0 Å². The highest BCUT2D eigenvalue weighted by Crippen LogP contribution is 2.26. The van der Waals surface area contributed by atoms with E-state index in [-0.39, 0.29) is 24.4 Å². The Labute approximate surface area is 157 Å². The van der Waals surface area contributed by atoms with Crippen LogP contribution in [0.25, 0.3) is 0 Å². The molecule has 0 bridgehead atoms. The Bertz CT molecular complexity index is 788. The normalized spacial score (nSPS) is 19.9. The van der Waals surface area contributed by atoms with Crippen LogP contribution in [-0.4, -0.2) is 43.9 Å². The maximum absolute atomic E-state index is 12.7. The minimum atomic E-state index is -4.45. The minimum absolute atomic E-state index is 0.0716. The van der Waals surface area contributed by atoms with E-state index < -0.39 is 40.5 Å². The Morgan fingerprint density at radius 2 is 2.00 bits per heavy atom. The summed E-state index contributed by atoms with van der Waals surface area (Å²) in [6.45, 7) is 0.190. The number of alkyl halides is 3. The van der Waals surface area contributed by atoms with Gasteiger partial charge in [0.2, 0.25) is 15.9 Å². The van der Waals surface area contributed by atoms with E-state index in [1.165, 1.54) is 16.4 Å². The third-order valence-corrected chi connectivity index (χ3v) is 6.20. The van der Waals surface area contributed by atoms with Gasteiger partial charge in [0.25, 0.3) is 0 Å². The van der Waals surface area contributed by atoms with Gasteiger partial charge in [0.15, 0.2) is 0 Å². The molecule has 1 saturated heterocycles. The van der Waals surface area contributed by atoms with Gasteiger partial charge in [-0.2, -0.15) is 17.5 Å². The Hall–Kier alpha value is -2.05. The van der Waals surface area contributed by atoms with Gasteiger partial charge in [0.05, 0.1) is 17.2 Å². The van der Waals surface area contributed by atoms with E-state index in [1.54, 1.807) is 18.2 Å². The van der Waals surface area contributed by atoms with Crippen molar-refractivity contribution in [3.05, 3.63) is 30.3 Å². The van der Waals surface area contributed by atoms with E-state index in [0.29, 0.717) is 12.8 Å². The van der Waals surface area contributed by atoms with Crippen molar-refractivity contribution in [3.63, 3.8) is 0 Å². The van der Waals surface area contributed by atoms with Gasteiger partial charge in [0.1, 0.15) is 0 Å². The highest BCUT2D eigenvalue weighted by atomic mass is 32.2. The summed E-state index contributed by atoms with van der Waals surface area (Å²) in [6.07, 6.45) is 0.0208. The summed E-state index contributed by atoms with van der Waals surface area (Å²) in [4.78, 5) is 12.5. The Balaban J connectivity index is 2.06. The molecule has 5 nitrogen and oxygen atoms in total. The monoisotopic (exact) mass is 402 g/mol. The van der Waals surface area contributed by atoms with E-state index in [0.717, 1.165) is 0 Å². The number of hydrogen-bond acceptors (Lipinski definition) is 3. The maximum atomic E-state index is 12.7. The topological polar surface area (TPSA) is 66.5 Å². The second-order valence-corrected chi connectivity index (χ2v) is 8.39. The van der Waals surface area contributed by atoms with Crippen LogP contribution in [0.15, 0.2) is 35.2 Å². The van der Waals surface area contributed by atoms with E-state index in [4.69, 9.17) is 6.42 Å². The van der Waals surface area contributed by atoms with Gasteiger partial charge in [-0.1, -0.05) is 18.2 Å². The van der Waals surface area contributed by atoms with Crippen LogP contribution < -0.4 is 5.32 Å². The summed E-state index contributed by atoms with van der Waals surface area (Å²) in [6, 6.07) is 6.60. The summed E-state index contributed by atoms with van der Waals surface area (Å²) in [5, 5.41) is 2.33. The van der Waals surface area contributed by atoms with Crippen LogP contribution in [-0.2, 0) is 14.8 Å². The van der Waals surface area contributed by atoms with Gasteiger partial charge < -0.3 is 5.32 Å². The van der Waals surface area contributed by atoms with Crippen molar-refractivity contribution >= 4 is 15.9 Å². The molecule has 1 aromatic rings. The third kappa shape index (κ3) is 5.97. The predicted molar refractivity (Wildman–Crippen MR) is 94.0 cm³/mol. The zero-order valence-corrected chi connectivity index (χ0v) is 15.4. The van der Waals surface area contributed by atoms with Crippen molar-refractivity contribution in [2.45, 2.75) is 42.8 Å². The van der Waals surface area contributed by atoms with Crippen LogP contribution >= 0.6 is 0 Å². The average Bonchev–Trinajstić information content (AvgIpc) is 2.61. The van der Waals surface area contributed by atoms with Crippen LogP contribution in [0.3, 0.4) is 0 Å². The van der Waals surface area contributed by atoms with Gasteiger partial charge in [-0.05, 0) is 25.0 Å². The van der Waals surface area contributed by atoms with E-state index in [9.17, 15) is 26.4 Å². The summed E-state index contributed by atoms with van der Waals surface area (Å²) in [7, 11) is -3.75. The molecule has 27 heavy (non-hydrogen) atoms. The van der Waals surface area contributed by atoms with Crippen molar-refractivity contribution in [2.75, 3.05) is 13.1 Å². The van der Waals surface area contributed by atoms with Crippen LogP contribution in [0.5, 0.6) is 0 Å². The number of nitrogens with zero attached hydrogens (tertiary/aromatic N) is 1. The van der Waals surface area contributed by atoms with Gasteiger partial charge >= 0.3 is 6.18 Å². The molecule has 0 spiro atoms. The molecular formula is C18H21F3N2O3S. The maximum Gasteiger partial charge on any atom is 0.391 e. The first-order valence-electron chi connectivity index (χ1n) is 8.49. The fraction of sp³-hybridized carbons (Fsp3) is 0.500. The van der Waals surface area contributed by atoms with Crippen LogP contribution in [0, 0.1) is 18.3 Å². The molecule has 1 fully saturated rings. The SMILES string of the molecule is C#CC[C@@H](CC(F)(F)F)NC(=O)[C@H]1CCCN(S(=O)(=O)c2ccccc2)C1. The van der Waals surface area contributed by atoms with E-state index in [1.807, 2.05) is 0 Å². The smallest absolute Gasteiger partial charge is 0.352 e. The van der Waals surface area contributed by atoms with Gasteiger partial charge in [-0.25, -0.2) is 8.42 Å². The number of halogens is 3. The number of sulfonamides is 1. The summed E-state index contributed by atoms with van der Waals surface area (Å²) in [5.41, 5.74) is 0. The second kappa shape index (κ2) is 8.76. The van der Waals surface area contributed by atoms with E-state index >= 15 is 0 Å². The first-order valence-corrected chi connectivity index (χ1v) is 9.93. The number of carbonyl (C=O) groups is 1. The third-order valence-electron chi connectivity index (χ3n) is 4.32.